The molecule has 2 nitrogen and oxygen atoms in total. The lowest BCUT2D eigenvalue weighted by atomic mass is 9.80. The molecule has 0 amide bonds. The fourth-order valence-corrected chi connectivity index (χ4v) is 2.33. The summed E-state index contributed by atoms with van der Waals surface area (Å²) in [4.78, 5) is 0. The molecule has 92 valence electrons. The molecule has 0 radical (unpaired) electrons. The average molecular weight is 232 g/mol. The fourth-order valence-electron chi connectivity index (χ4n) is 2.33. The zero-order chi connectivity index (χ0) is 11.7. The van der Waals surface area contributed by atoms with Crippen molar-refractivity contribution in [3.8, 4) is 5.75 Å². The van der Waals surface area contributed by atoms with E-state index in [-0.39, 0.29) is 6.10 Å². The lowest BCUT2D eigenvalue weighted by Crippen LogP contribution is -2.14. The molecule has 1 atom stereocenters. The number of aliphatic hydroxyl groups excluding tert-OH is 1. The highest BCUT2D eigenvalue weighted by Gasteiger charge is 2.24. The molecule has 0 aromatic heterocycles. The first-order valence-corrected chi connectivity index (χ1v) is 6.76. The van der Waals surface area contributed by atoms with Gasteiger partial charge in [0.05, 0.1) is 12.2 Å². The first-order valence-electron chi connectivity index (χ1n) is 6.76. The third-order valence-corrected chi connectivity index (χ3v) is 3.87. The van der Waals surface area contributed by atoms with Crippen molar-refractivity contribution in [1.82, 2.24) is 0 Å². The van der Waals surface area contributed by atoms with E-state index in [2.05, 4.69) is 0 Å². The molecule has 0 heterocycles. The molecular weight excluding hydrogens is 212 g/mol. The average Bonchev–Trinajstić information content (AvgIpc) is 3.08. The van der Waals surface area contributed by atoms with E-state index in [0.29, 0.717) is 6.10 Å². The van der Waals surface area contributed by atoms with Gasteiger partial charge < -0.3 is 9.84 Å². The minimum atomic E-state index is -0.296. The van der Waals surface area contributed by atoms with Gasteiger partial charge >= 0.3 is 0 Å². The zero-order valence-electron chi connectivity index (χ0n) is 10.1. The van der Waals surface area contributed by atoms with Crippen molar-refractivity contribution in [2.75, 3.05) is 0 Å². The second kappa shape index (κ2) is 4.69. The largest absolute Gasteiger partial charge is 0.490 e. The van der Waals surface area contributed by atoms with Gasteiger partial charge in [0.15, 0.2) is 0 Å². The van der Waals surface area contributed by atoms with Crippen molar-refractivity contribution in [1.29, 1.82) is 0 Å². The third kappa shape index (κ3) is 2.81. The summed E-state index contributed by atoms with van der Waals surface area (Å²) in [6, 6.07) is 7.97. The highest BCUT2D eigenvalue weighted by Crippen LogP contribution is 2.35. The number of rotatable bonds is 5. The van der Waals surface area contributed by atoms with Gasteiger partial charge in [-0.1, -0.05) is 31.4 Å². The molecule has 17 heavy (non-hydrogen) atoms. The number of hydrogen-bond acceptors (Lipinski definition) is 2. The maximum Gasteiger partial charge on any atom is 0.119 e. The highest BCUT2D eigenvalue weighted by molar-refractivity contribution is 5.29. The Kier molecular flexibility index (Phi) is 3.06. The van der Waals surface area contributed by atoms with Crippen LogP contribution in [0, 0.1) is 5.92 Å². The lowest BCUT2D eigenvalue weighted by Gasteiger charge is -2.27. The standard InChI is InChI=1S/C15H20O2/c16-15(10-11-2-1-3-11)12-4-6-13(7-5-12)17-14-8-9-14/h4-7,11,14-16H,1-3,8-10H2. The molecule has 0 bridgehead atoms. The normalized spacial score (nSPS) is 21.9. The van der Waals surface area contributed by atoms with Gasteiger partial charge in [-0.05, 0) is 42.9 Å². The summed E-state index contributed by atoms with van der Waals surface area (Å²) >= 11 is 0. The molecule has 0 aliphatic heterocycles. The minimum Gasteiger partial charge on any atom is -0.490 e. The summed E-state index contributed by atoms with van der Waals surface area (Å²) < 4.78 is 5.69. The molecule has 3 rings (SSSR count). The Morgan fingerprint density at radius 3 is 2.35 bits per heavy atom. The van der Waals surface area contributed by atoms with Crippen LogP contribution in [-0.4, -0.2) is 11.2 Å². The van der Waals surface area contributed by atoms with Crippen LogP contribution >= 0.6 is 0 Å². The monoisotopic (exact) mass is 232 g/mol. The van der Waals surface area contributed by atoms with E-state index in [1.807, 2.05) is 24.3 Å². The molecule has 1 N–H and O–H groups in total. The Morgan fingerprint density at radius 1 is 1.12 bits per heavy atom. The van der Waals surface area contributed by atoms with Crippen LogP contribution in [-0.2, 0) is 0 Å². The van der Waals surface area contributed by atoms with E-state index in [0.717, 1.165) is 23.7 Å². The van der Waals surface area contributed by atoms with Crippen molar-refractivity contribution in [3.63, 3.8) is 0 Å². The maximum atomic E-state index is 10.1. The van der Waals surface area contributed by atoms with Crippen LogP contribution in [0.1, 0.15) is 50.2 Å². The van der Waals surface area contributed by atoms with Gasteiger partial charge in [-0.25, -0.2) is 0 Å². The fraction of sp³-hybridized carbons (Fsp3) is 0.600. The molecule has 2 heteroatoms. The summed E-state index contributed by atoms with van der Waals surface area (Å²) in [7, 11) is 0. The summed E-state index contributed by atoms with van der Waals surface area (Å²) in [6.07, 6.45) is 7.36. The van der Waals surface area contributed by atoms with E-state index in [1.54, 1.807) is 0 Å². The molecular formula is C15H20O2. The van der Waals surface area contributed by atoms with Crippen LogP contribution < -0.4 is 4.74 Å². The van der Waals surface area contributed by atoms with Crippen molar-refractivity contribution in [2.24, 2.45) is 5.92 Å². The molecule has 1 unspecified atom stereocenters. The Balaban J connectivity index is 1.57. The first-order chi connectivity index (χ1) is 8.31. The minimum absolute atomic E-state index is 0.296. The summed E-state index contributed by atoms with van der Waals surface area (Å²) in [5, 5.41) is 10.1. The number of benzene rings is 1. The Morgan fingerprint density at radius 2 is 1.82 bits per heavy atom. The summed E-state index contributed by atoms with van der Waals surface area (Å²) in [5.74, 6) is 1.68. The van der Waals surface area contributed by atoms with Crippen molar-refractivity contribution < 1.29 is 9.84 Å². The molecule has 1 aromatic rings. The van der Waals surface area contributed by atoms with E-state index < -0.39 is 0 Å². The Bertz CT molecular complexity index is 363. The number of ether oxygens (including phenoxy) is 1. The molecule has 2 aliphatic rings. The van der Waals surface area contributed by atoms with Crippen molar-refractivity contribution in [3.05, 3.63) is 29.8 Å². The predicted octanol–water partition coefficient (Wildman–Crippen LogP) is 3.45. The van der Waals surface area contributed by atoms with Gasteiger partial charge in [0, 0.05) is 0 Å². The number of aliphatic hydroxyl groups is 1. The van der Waals surface area contributed by atoms with Crippen LogP contribution in [0.25, 0.3) is 0 Å². The van der Waals surface area contributed by atoms with E-state index in [9.17, 15) is 5.11 Å². The molecule has 2 aliphatic carbocycles. The molecule has 0 saturated heterocycles. The lowest BCUT2D eigenvalue weighted by molar-refractivity contribution is 0.118. The quantitative estimate of drug-likeness (QED) is 0.842. The predicted molar refractivity (Wildman–Crippen MR) is 67.0 cm³/mol. The molecule has 1 aromatic carbocycles. The van der Waals surface area contributed by atoms with Crippen LogP contribution in [0.2, 0.25) is 0 Å². The van der Waals surface area contributed by atoms with Gasteiger partial charge in [-0.15, -0.1) is 0 Å². The molecule has 2 fully saturated rings. The SMILES string of the molecule is OC(CC1CCC1)c1ccc(OC2CC2)cc1. The van der Waals surface area contributed by atoms with E-state index in [4.69, 9.17) is 4.74 Å². The summed E-state index contributed by atoms with van der Waals surface area (Å²) in [5.41, 5.74) is 1.03. The molecule has 2 saturated carbocycles. The van der Waals surface area contributed by atoms with Crippen LogP contribution in [0.15, 0.2) is 24.3 Å². The molecule has 0 spiro atoms. The van der Waals surface area contributed by atoms with Gasteiger partial charge in [0.25, 0.3) is 0 Å². The van der Waals surface area contributed by atoms with Crippen molar-refractivity contribution in [2.45, 2.75) is 50.7 Å². The van der Waals surface area contributed by atoms with Crippen LogP contribution in [0.5, 0.6) is 5.75 Å². The summed E-state index contributed by atoms with van der Waals surface area (Å²) in [6.45, 7) is 0. The van der Waals surface area contributed by atoms with Gasteiger partial charge in [-0.3, -0.25) is 0 Å². The van der Waals surface area contributed by atoms with E-state index >= 15 is 0 Å². The maximum absolute atomic E-state index is 10.1. The van der Waals surface area contributed by atoms with Crippen molar-refractivity contribution >= 4 is 0 Å². The van der Waals surface area contributed by atoms with Gasteiger partial charge in [-0.2, -0.15) is 0 Å². The highest BCUT2D eigenvalue weighted by atomic mass is 16.5. The topological polar surface area (TPSA) is 29.5 Å². The van der Waals surface area contributed by atoms with Crippen LogP contribution in [0.3, 0.4) is 0 Å². The Labute approximate surface area is 103 Å². The smallest absolute Gasteiger partial charge is 0.119 e. The van der Waals surface area contributed by atoms with E-state index in [1.165, 1.54) is 32.1 Å². The third-order valence-electron chi connectivity index (χ3n) is 3.87. The van der Waals surface area contributed by atoms with Gasteiger partial charge in [0.2, 0.25) is 0 Å². The number of hydrogen-bond donors (Lipinski definition) is 1. The van der Waals surface area contributed by atoms with Gasteiger partial charge in [0.1, 0.15) is 5.75 Å². The second-order valence-electron chi connectivity index (χ2n) is 5.43. The van der Waals surface area contributed by atoms with Crippen LogP contribution in [0.4, 0.5) is 0 Å². The second-order valence-corrected chi connectivity index (χ2v) is 5.43. The zero-order valence-corrected chi connectivity index (χ0v) is 10.1. The Hall–Kier alpha value is -1.02. The first kappa shape index (κ1) is 11.1.